The molecule has 0 amide bonds. The molecule has 102 valence electrons. The Kier molecular flexibility index (Phi) is 3.57. The van der Waals surface area contributed by atoms with Crippen molar-refractivity contribution in [2.45, 2.75) is 6.54 Å². The van der Waals surface area contributed by atoms with Crippen LogP contribution in [0, 0.1) is 0 Å². The van der Waals surface area contributed by atoms with E-state index in [0.29, 0.717) is 17.2 Å². The number of carbonyl (C=O) groups is 1. The average molecular weight is 306 g/mol. The smallest absolute Gasteiger partial charge is 0.348 e. The summed E-state index contributed by atoms with van der Waals surface area (Å²) in [6, 6.07) is 7.50. The van der Waals surface area contributed by atoms with Gasteiger partial charge in [-0.1, -0.05) is 6.07 Å². The second-order valence-electron chi connectivity index (χ2n) is 3.88. The molecule has 0 aliphatic rings. The fourth-order valence-electron chi connectivity index (χ4n) is 1.63. The average Bonchev–Trinajstić information content (AvgIpc) is 3.19. The van der Waals surface area contributed by atoms with Crippen LogP contribution in [0.3, 0.4) is 0 Å². The molecule has 0 aliphatic heterocycles. The predicted molar refractivity (Wildman–Crippen MR) is 75.9 cm³/mol. The molecule has 3 rings (SSSR count). The minimum Gasteiger partial charge on any atom is -0.465 e. The summed E-state index contributed by atoms with van der Waals surface area (Å²) in [7, 11) is 1.37. The summed E-state index contributed by atoms with van der Waals surface area (Å²) in [5.41, 5.74) is 0. The molecule has 3 heterocycles. The van der Waals surface area contributed by atoms with Gasteiger partial charge in [0, 0.05) is 4.88 Å². The van der Waals surface area contributed by atoms with Crippen LogP contribution in [0.1, 0.15) is 14.5 Å². The molecule has 0 aliphatic carbocycles. The van der Waals surface area contributed by atoms with Crippen molar-refractivity contribution in [1.29, 1.82) is 0 Å². The lowest BCUT2D eigenvalue weighted by atomic mass is 10.4. The fraction of sp³-hybridized carbons (Fsp3) is 0.167. The highest BCUT2D eigenvalue weighted by Crippen LogP contribution is 2.21. The molecule has 0 spiro atoms. The Morgan fingerprint density at radius 2 is 2.30 bits per heavy atom. The molecule has 0 unspecified atom stereocenters. The Morgan fingerprint density at radius 3 is 3.05 bits per heavy atom. The monoisotopic (exact) mass is 306 g/mol. The number of tetrazole rings is 1. The standard InChI is InChI=1S/C12H10N4O2S2/c1-18-12(17)10-5-4-8(20-10)7-16-14-11(13-15-16)9-3-2-6-19-9/h2-6H,7H2,1H3. The minimum absolute atomic E-state index is 0.327. The van der Waals surface area contributed by atoms with Crippen LogP contribution in [0.15, 0.2) is 29.6 Å². The van der Waals surface area contributed by atoms with E-state index in [9.17, 15) is 4.79 Å². The van der Waals surface area contributed by atoms with Crippen LogP contribution in [0.5, 0.6) is 0 Å². The SMILES string of the molecule is COC(=O)c1ccc(Cn2nnc(-c3cccs3)n2)s1. The molecule has 0 radical (unpaired) electrons. The zero-order valence-corrected chi connectivity index (χ0v) is 12.1. The molecular weight excluding hydrogens is 296 g/mol. The van der Waals surface area contributed by atoms with Gasteiger partial charge in [0.05, 0.1) is 18.5 Å². The zero-order valence-electron chi connectivity index (χ0n) is 10.5. The molecule has 0 saturated carbocycles. The minimum atomic E-state index is -0.327. The molecule has 0 fully saturated rings. The number of hydrogen-bond acceptors (Lipinski definition) is 7. The molecule has 0 aromatic carbocycles. The molecule has 0 N–H and O–H groups in total. The van der Waals surface area contributed by atoms with Crippen molar-refractivity contribution >= 4 is 28.6 Å². The van der Waals surface area contributed by atoms with Crippen LogP contribution >= 0.6 is 22.7 Å². The maximum Gasteiger partial charge on any atom is 0.348 e. The number of carbonyl (C=O) groups excluding carboxylic acids is 1. The van der Waals surface area contributed by atoms with Gasteiger partial charge in [0.1, 0.15) is 4.88 Å². The van der Waals surface area contributed by atoms with Gasteiger partial charge in [-0.15, -0.1) is 32.9 Å². The number of esters is 1. The molecule has 6 nitrogen and oxygen atoms in total. The van der Waals surface area contributed by atoms with Crippen LogP contribution in [-0.2, 0) is 11.3 Å². The molecule has 0 bridgehead atoms. The first-order chi connectivity index (χ1) is 9.76. The van der Waals surface area contributed by atoms with Gasteiger partial charge in [0.15, 0.2) is 0 Å². The second-order valence-corrected chi connectivity index (χ2v) is 5.99. The number of aromatic nitrogens is 4. The largest absolute Gasteiger partial charge is 0.465 e. The van der Waals surface area contributed by atoms with Gasteiger partial charge in [0.25, 0.3) is 0 Å². The van der Waals surface area contributed by atoms with E-state index >= 15 is 0 Å². The normalized spacial score (nSPS) is 10.7. The van der Waals surface area contributed by atoms with Gasteiger partial charge in [-0.25, -0.2) is 4.79 Å². The van der Waals surface area contributed by atoms with Crippen molar-refractivity contribution in [2.24, 2.45) is 0 Å². The van der Waals surface area contributed by atoms with Crippen molar-refractivity contribution in [3.8, 4) is 10.7 Å². The van der Waals surface area contributed by atoms with Gasteiger partial charge < -0.3 is 4.74 Å². The number of nitrogens with zero attached hydrogens (tertiary/aromatic N) is 4. The third-order valence-corrected chi connectivity index (χ3v) is 4.46. The molecular formula is C12H10N4O2S2. The first-order valence-electron chi connectivity index (χ1n) is 5.75. The molecule has 3 aromatic heterocycles. The summed E-state index contributed by atoms with van der Waals surface area (Å²) in [4.78, 5) is 15.4. The summed E-state index contributed by atoms with van der Waals surface area (Å²) in [5.74, 6) is 0.289. The van der Waals surface area contributed by atoms with Crippen LogP contribution in [-0.4, -0.2) is 33.3 Å². The number of thiophene rings is 2. The van der Waals surface area contributed by atoms with E-state index in [1.807, 2.05) is 23.6 Å². The van der Waals surface area contributed by atoms with E-state index in [0.717, 1.165) is 9.75 Å². The molecule has 20 heavy (non-hydrogen) atoms. The third kappa shape index (κ3) is 2.61. The van der Waals surface area contributed by atoms with Gasteiger partial charge in [-0.2, -0.15) is 4.80 Å². The highest BCUT2D eigenvalue weighted by molar-refractivity contribution is 7.14. The number of rotatable bonds is 4. The van der Waals surface area contributed by atoms with E-state index in [1.54, 1.807) is 17.4 Å². The fourth-order valence-corrected chi connectivity index (χ4v) is 3.18. The Labute approximate surface area is 122 Å². The van der Waals surface area contributed by atoms with Crippen LogP contribution in [0.4, 0.5) is 0 Å². The first kappa shape index (κ1) is 12.9. The maximum absolute atomic E-state index is 11.4. The van der Waals surface area contributed by atoms with Crippen LogP contribution < -0.4 is 0 Å². The summed E-state index contributed by atoms with van der Waals surface area (Å²) in [6.45, 7) is 0.486. The Hall–Kier alpha value is -2.06. The first-order valence-corrected chi connectivity index (χ1v) is 7.44. The van der Waals surface area contributed by atoms with Crippen LogP contribution in [0.25, 0.3) is 10.7 Å². The lowest BCUT2D eigenvalue weighted by Crippen LogP contribution is -2.02. The van der Waals surface area contributed by atoms with E-state index in [-0.39, 0.29) is 5.97 Å². The summed E-state index contributed by atoms with van der Waals surface area (Å²) >= 11 is 2.94. The number of ether oxygens (including phenoxy) is 1. The lowest BCUT2D eigenvalue weighted by molar-refractivity contribution is 0.0606. The van der Waals surface area contributed by atoms with Crippen molar-refractivity contribution in [1.82, 2.24) is 20.2 Å². The van der Waals surface area contributed by atoms with Crippen molar-refractivity contribution in [3.05, 3.63) is 39.4 Å². The highest BCUT2D eigenvalue weighted by atomic mass is 32.1. The van der Waals surface area contributed by atoms with Gasteiger partial charge in [-0.3, -0.25) is 0 Å². The van der Waals surface area contributed by atoms with Crippen molar-refractivity contribution in [3.63, 3.8) is 0 Å². The van der Waals surface area contributed by atoms with E-state index in [1.165, 1.54) is 23.2 Å². The molecule has 8 heteroatoms. The lowest BCUT2D eigenvalue weighted by Gasteiger charge is -1.94. The Bertz CT molecular complexity index is 717. The van der Waals surface area contributed by atoms with Crippen molar-refractivity contribution in [2.75, 3.05) is 7.11 Å². The maximum atomic E-state index is 11.4. The van der Waals surface area contributed by atoms with E-state index < -0.39 is 0 Å². The van der Waals surface area contributed by atoms with E-state index in [2.05, 4.69) is 20.1 Å². The molecule has 3 aromatic rings. The van der Waals surface area contributed by atoms with Gasteiger partial charge in [0.2, 0.25) is 5.82 Å². The highest BCUT2D eigenvalue weighted by Gasteiger charge is 2.11. The van der Waals surface area contributed by atoms with Gasteiger partial charge in [-0.05, 0) is 28.8 Å². The summed E-state index contributed by atoms with van der Waals surface area (Å²) in [5, 5.41) is 14.3. The second kappa shape index (κ2) is 5.51. The van der Waals surface area contributed by atoms with Crippen LogP contribution in [0.2, 0.25) is 0 Å². The molecule has 0 atom stereocenters. The zero-order chi connectivity index (χ0) is 13.9. The summed E-state index contributed by atoms with van der Waals surface area (Å²) < 4.78 is 4.68. The molecule has 0 saturated heterocycles. The Balaban J connectivity index is 1.75. The third-order valence-electron chi connectivity index (χ3n) is 2.54. The Morgan fingerprint density at radius 1 is 1.40 bits per heavy atom. The van der Waals surface area contributed by atoms with E-state index in [4.69, 9.17) is 0 Å². The summed E-state index contributed by atoms with van der Waals surface area (Å²) in [6.07, 6.45) is 0. The van der Waals surface area contributed by atoms with Crippen molar-refractivity contribution < 1.29 is 9.53 Å². The number of methoxy groups -OCH3 is 1. The quantitative estimate of drug-likeness (QED) is 0.692. The topological polar surface area (TPSA) is 69.9 Å². The van der Waals surface area contributed by atoms with Gasteiger partial charge >= 0.3 is 5.97 Å². The number of hydrogen-bond donors (Lipinski definition) is 0. The predicted octanol–water partition coefficient (Wildman–Crippen LogP) is 2.30.